The van der Waals surface area contributed by atoms with Crippen molar-refractivity contribution in [3.05, 3.63) is 45.6 Å². The first-order valence-electron chi connectivity index (χ1n) is 8.22. The summed E-state index contributed by atoms with van der Waals surface area (Å²) in [5.41, 5.74) is 3.90. The maximum atomic E-state index is 4.73. The first-order valence-corrected chi connectivity index (χ1v) is 9.01. The lowest BCUT2D eigenvalue weighted by Gasteiger charge is -2.30. The van der Waals surface area contributed by atoms with E-state index in [4.69, 9.17) is 4.98 Å². The van der Waals surface area contributed by atoms with Gasteiger partial charge >= 0.3 is 0 Å². The fraction of sp³-hybridized carbons (Fsp3) is 0.444. The van der Waals surface area contributed by atoms with Crippen molar-refractivity contribution in [2.45, 2.75) is 46.2 Å². The molecule has 5 heteroatoms. The summed E-state index contributed by atoms with van der Waals surface area (Å²) in [6.07, 6.45) is 1.97. The summed E-state index contributed by atoms with van der Waals surface area (Å²) in [5, 5.41) is 3.33. The molecule has 2 heterocycles. The van der Waals surface area contributed by atoms with Crippen molar-refractivity contribution in [2.75, 3.05) is 16.8 Å². The Morgan fingerprint density at radius 1 is 1.22 bits per heavy atom. The number of aryl methyl sites for hydroxylation is 1. The topological polar surface area (TPSA) is 41.1 Å². The van der Waals surface area contributed by atoms with Gasteiger partial charge in [-0.15, -0.1) is 0 Å². The predicted octanol–water partition coefficient (Wildman–Crippen LogP) is 4.18. The molecule has 0 aliphatic carbocycles. The van der Waals surface area contributed by atoms with Crippen molar-refractivity contribution in [2.24, 2.45) is 0 Å². The van der Waals surface area contributed by atoms with Crippen LogP contribution in [0.25, 0.3) is 0 Å². The Balaban J connectivity index is 1.88. The van der Waals surface area contributed by atoms with Crippen molar-refractivity contribution >= 4 is 27.7 Å². The zero-order valence-electron chi connectivity index (χ0n) is 13.9. The lowest BCUT2D eigenvalue weighted by Crippen LogP contribution is -2.31. The van der Waals surface area contributed by atoms with E-state index in [0.717, 1.165) is 47.9 Å². The number of hydrogen-bond acceptors (Lipinski definition) is 4. The molecule has 1 N–H and O–H groups in total. The van der Waals surface area contributed by atoms with Gasteiger partial charge in [-0.2, -0.15) is 4.98 Å². The Kier molecular flexibility index (Phi) is 4.85. The van der Waals surface area contributed by atoms with Gasteiger partial charge in [0.25, 0.3) is 0 Å². The summed E-state index contributed by atoms with van der Waals surface area (Å²) in [6, 6.07) is 9.01. The SMILES string of the molecule is CCc1cc(N2CCc3cc(Br)ccc3C2)nc(NC(C)C)n1. The molecule has 122 valence electrons. The molecule has 0 amide bonds. The minimum absolute atomic E-state index is 0.328. The molecule has 23 heavy (non-hydrogen) atoms. The maximum Gasteiger partial charge on any atom is 0.225 e. The quantitative estimate of drug-likeness (QED) is 0.870. The fourth-order valence-corrected chi connectivity index (χ4v) is 3.27. The highest BCUT2D eigenvalue weighted by Gasteiger charge is 2.19. The average molecular weight is 375 g/mol. The van der Waals surface area contributed by atoms with Crippen LogP contribution in [0.5, 0.6) is 0 Å². The van der Waals surface area contributed by atoms with Crippen LogP contribution >= 0.6 is 15.9 Å². The van der Waals surface area contributed by atoms with E-state index in [9.17, 15) is 0 Å². The number of fused-ring (bicyclic) bond motifs is 1. The molecule has 1 aromatic carbocycles. The van der Waals surface area contributed by atoms with Gasteiger partial charge in [0.1, 0.15) is 5.82 Å². The van der Waals surface area contributed by atoms with Crippen molar-refractivity contribution in [1.29, 1.82) is 0 Å². The molecular weight excluding hydrogens is 352 g/mol. The highest BCUT2D eigenvalue weighted by Crippen LogP contribution is 2.26. The van der Waals surface area contributed by atoms with Gasteiger partial charge < -0.3 is 10.2 Å². The number of hydrogen-bond donors (Lipinski definition) is 1. The molecule has 0 saturated carbocycles. The molecule has 4 nitrogen and oxygen atoms in total. The highest BCUT2D eigenvalue weighted by atomic mass is 79.9. The molecule has 0 unspecified atom stereocenters. The van der Waals surface area contributed by atoms with Gasteiger partial charge in [0.05, 0.1) is 0 Å². The molecule has 3 rings (SSSR count). The number of halogens is 1. The summed E-state index contributed by atoms with van der Waals surface area (Å²) >= 11 is 3.56. The first kappa shape index (κ1) is 16.2. The Labute approximate surface area is 146 Å². The second-order valence-electron chi connectivity index (χ2n) is 6.28. The second kappa shape index (κ2) is 6.87. The van der Waals surface area contributed by atoms with Crippen LogP contribution in [0.2, 0.25) is 0 Å². The van der Waals surface area contributed by atoms with E-state index in [2.05, 4.69) is 76.2 Å². The lowest BCUT2D eigenvalue weighted by atomic mass is 10.00. The minimum atomic E-state index is 0.328. The standard InChI is InChI=1S/C18H23BrN4/c1-4-16-10-17(22-18(21-16)20-12(2)3)23-8-7-13-9-15(19)6-5-14(13)11-23/h5-6,9-10,12H,4,7-8,11H2,1-3H3,(H,20,21,22). The van der Waals surface area contributed by atoms with Crippen LogP contribution < -0.4 is 10.2 Å². The number of benzene rings is 1. The number of rotatable bonds is 4. The summed E-state index contributed by atoms with van der Waals surface area (Å²) in [7, 11) is 0. The smallest absolute Gasteiger partial charge is 0.225 e. The largest absolute Gasteiger partial charge is 0.352 e. The summed E-state index contributed by atoms with van der Waals surface area (Å²) < 4.78 is 1.16. The van der Waals surface area contributed by atoms with Crippen LogP contribution in [0.15, 0.2) is 28.7 Å². The van der Waals surface area contributed by atoms with Crippen molar-refractivity contribution in [1.82, 2.24) is 9.97 Å². The van der Waals surface area contributed by atoms with Crippen molar-refractivity contribution in [3.8, 4) is 0 Å². The molecule has 0 radical (unpaired) electrons. The molecule has 1 aliphatic rings. The summed E-state index contributed by atoms with van der Waals surface area (Å²) in [4.78, 5) is 11.7. The van der Waals surface area contributed by atoms with Crippen LogP contribution in [-0.4, -0.2) is 22.6 Å². The zero-order valence-corrected chi connectivity index (χ0v) is 15.5. The van der Waals surface area contributed by atoms with Gasteiger partial charge in [-0.05, 0) is 49.9 Å². The third kappa shape index (κ3) is 3.83. The monoisotopic (exact) mass is 374 g/mol. The molecule has 0 atom stereocenters. The van der Waals surface area contributed by atoms with E-state index in [1.807, 2.05) is 0 Å². The van der Waals surface area contributed by atoms with Crippen LogP contribution in [0.4, 0.5) is 11.8 Å². The molecule has 0 spiro atoms. The molecule has 0 saturated heterocycles. The van der Waals surface area contributed by atoms with Gasteiger partial charge in [-0.25, -0.2) is 4.98 Å². The van der Waals surface area contributed by atoms with Crippen LogP contribution in [0.3, 0.4) is 0 Å². The van der Waals surface area contributed by atoms with Crippen LogP contribution in [0, 0.1) is 0 Å². The van der Waals surface area contributed by atoms with E-state index in [1.54, 1.807) is 0 Å². The Morgan fingerprint density at radius 2 is 2.04 bits per heavy atom. The Hall–Kier alpha value is -1.62. The van der Waals surface area contributed by atoms with Crippen LogP contribution in [0.1, 0.15) is 37.6 Å². The second-order valence-corrected chi connectivity index (χ2v) is 7.19. The third-order valence-electron chi connectivity index (χ3n) is 4.05. The molecular formula is C18H23BrN4. The van der Waals surface area contributed by atoms with Gasteiger partial charge in [0, 0.05) is 35.4 Å². The molecule has 0 fully saturated rings. The van der Waals surface area contributed by atoms with Gasteiger partial charge in [0.15, 0.2) is 0 Å². The number of aromatic nitrogens is 2. The van der Waals surface area contributed by atoms with E-state index in [0.29, 0.717) is 6.04 Å². The third-order valence-corrected chi connectivity index (χ3v) is 4.54. The fourth-order valence-electron chi connectivity index (χ4n) is 2.87. The molecule has 1 aliphatic heterocycles. The predicted molar refractivity (Wildman–Crippen MR) is 99.1 cm³/mol. The molecule has 0 bridgehead atoms. The highest BCUT2D eigenvalue weighted by molar-refractivity contribution is 9.10. The van der Waals surface area contributed by atoms with E-state index >= 15 is 0 Å². The van der Waals surface area contributed by atoms with E-state index in [-0.39, 0.29) is 0 Å². The number of nitrogens with one attached hydrogen (secondary N) is 1. The zero-order chi connectivity index (χ0) is 16.4. The molecule has 2 aromatic rings. The van der Waals surface area contributed by atoms with Crippen molar-refractivity contribution < 1.29 is 0 Å². The summed E-state index contributed by atoms with van der Waals surface area (Å²) in [6.45, 7) is 8.25. The lowest BCUT2D eigenvalue weighted by molar-refractivity contribution is 0.716. The average Bonchev–Trinajstić information content (AvgIpc) is 2.53. The van der Waals surface area contributed by atoms with Gasteiger partial charge in [0.2, 0.25) is 5.95 Å². The summed E-state index contributed by atoms with van der Waals surface area (Å²) in [5.74, 6) is 1.75. The number of nitrogens with zero attached hydrogens (tertiary/aromatic N) is 3. The van der Waals surface area contributed by atoms with E-state index < -0.39 is 0 Å². The Bertz CT molecular complexity index is 699. The maximum absolute atomic E-state index is 4.73. The van der Waals surface area contributed by atoms with E-state index in [1.165, 1.54) is 11.1 Å². The minimum Gasteiger partial charge on any atom is -0.352 e. The number of anilines is 2. The van der Waals surface area contributed by atoms with Gasteiger partial charge in [-0.3, -0.25) is 0 Å². The Morgan fingerprint density at radius 3 is 2.78 bits per heavy atom. The van der Waals surface area contributed by atoms with Crippen LogP contribution in [-0.2, 0) is 19.4 Å². The van der Waals surface area contributed by atoms with Crippen molar-refractivity contribution in [3.63, 3.8) is 0 Å². The first-order chi connectivity index (χ1) is 11.0. The molecule has 1 aromatic heterocycles. The van der Waals surface area contributed by atoms with Gasteiger partial charge in [-0.1, -0.05) is 28.9 Å². The normalized spacial score (nSPS) is 14.0.